The monoisotopic (exact) mass is 1400 g/mol. The lowest BCUT2D eigenvalue weighted by Gasteiger charge is -2.21. The van der Waals surface area contributed by atoms with Gasteiger partial charge in [-0.3, -0.25) is 37.3 Å². The van der Waals surface area contributed by atoms with Gasteiger partial charge in [0.25, 0.3) is 0 Å². The number of unbranched alkanes of at least 4 members (excludes halogenated alkanes) is 45. The standard InChI is InChI=1S/C76H148O17P2/c1-7-9-11-13-15-17-19-20-21-22-23-24-25-26-31-35-42-48-54-60-75(80)92-71(64-87-74(79)59-53-47-41-34-30-28-27-29-32-38-44-50-56-68(3)4)66-90-94(82,83)88-62-70(77)63-89-95(84,85)91-67-72(65-86-73(78)58-52-46-40-33-18-16-14-12-10-8-2)93-76(81)61-55-49-43-37-36-39-45-51-57-69(5)6/h68-72,77H,7-67H2,1-6H3,(H,82,83)(H,84,85)/t70-,71-,72-/m1/s1. The number of rotatable bonds is 75. The summed E-state index contributed by atoms with van der Waals surface area (Å²) in [6.07, 6.45) is 55.5. The van der Waals surface area contributed by atoms with E-state index in [0.29, 0.717) is 25.7 Å². The van der Waals surface area contributed by atoms with Gasteiger partial charge in [0.05, 0.1) is 26.4 Å². The molecular formula is C76H148O17P2. The molecule has 0 bridgehead atoms. The zero-order valence-corrected chi connectivity index (χ0v) is 63.8. The van der Waals surface area contributed by atoms with Gasteiger partial charge in [0.1, 0.15) is 19.3 Å². The fourth-order valence-corrected chi connectivity index (χ4v) is 13.2. The number of carbonyl (C=O) groups excluding carboxylic acids is 4. The predicted molar refractivity (Wildman–Crippen MR) is 386 cm³/mol. The molecule has 0 spiro atoms. The Kier molecular flexibility index (Phi) is 66.5. The first kappa shape index (κ1) is 93.1. The first-order valence-electron chi connectivity index (χ1n) is 39.5. The third-order valence-corrected chi connectivity index (χ3v) is 19.6. The molecule has 95 heavy (non-hydrogen) atoms. The maximum Gasteiger partial charge on any atom is 0.472 e. The molecule has 19 heteroatoms. The Hall–Kier alpha value is -1.94. The predicted octanol–water partition coefficient (Wildman–Crippen LogP) is 22.3. The molecule has 0 aromatic heterocycles. The summed E-state index contributed by atoms with van der Waals surface area (Å²) in [7, 11) is -9.91. The van der Waals surface area contributed by atoms with Crippen LogP contribution in [0, 0.1) is 11.8 Å². The van der Waals surface area contributed by atoms with Crippen molar-refractivity contribution in [2.75, 3.05) is 39.6 Å². The summed E-state index contributed by atoms with van der Waals surface area (Å²) < 4.78 is 68.5. The van der Waals surface area contributed by atoms with E-state index in [9.17, 15) is 43.2 Å². The first-order chi connectivity index (χ1) is 45.9. The van der Waals surface area contributed by atoms with Crippen LogP contribution in [0.4, 0.5) is 0 Å². The highest BCUT2D eigenvalue weighted by molar-refractivity contribution is 7.47. The molecule has 0 aliphatic heterocycles. The van der Waals surface area contributed by atoms with Gasteiger partial charge in [0.15, 0.2) is 12.2 Å². The van der Waals surface area contributed by atoms with Crippen molar-refractivity contribution >= 4 is 39.5 Å². The molecule has 2 unspecified atom stereocenters. The molecule has 0 aromatic carbocycles. The molecule has 0 aliphatic rings. The average Bonchev–Trinajstić information content (AvgIpc) is 2.84. The molecule has 0 aromatic rings. The van der Waals surface area contributed by atoms with E-state index >= 15 is 0 Å². The quantitative estimate of drug-likeness (QED) is 0.0222. The van der Waals surface area contributed by atoms with Crippen LogP contribution in [0.15, 0.2) is 0 Å². The van der Waals surface area contributed by atoms with E-state index in [2.05, 4.69) is 41.5 Å². The van der Waals surface area contributed by atoms with Gasteiger partial charge in [-0.15, -0.1) is 0 Å². The molecular weight excluding hydrogens is 1250 g/mol. The molecule has 0 aliphatic carbocycles. The van der Waals surface area contributed by atoms with Crippen molar-refractivity contribution < 1.29 is 80.2 Å². The number of phosphoric acid groups is 2. The largest absolute Gasteiger partial charge is 0.472 e. The van der Waals surface area contributed by atoms with Gasteiger partial charge in [-0.25, -0.2) is 9.13 Å². The minimum absolute atomic E-state index is 0.105. The molecule has 3 N–H and O–H groups in total. The molecule has 0 saturated heterocycles. The number of esters is 4. The fraction of sp³-hybridized carbons (Fsp3) is 0.947. The second-order valence-electron chi connectivity index (χ2n) is 28.3. The third-order valence-electron chi connectivity index (χ3n) is 17.7. The lowest BCUT2D eigenvalue weighted by molar-refractivity contribution is -0.161. The van der Waals surface area contributed by atoms with E-state index < -0.39 is 97.5 Å². The van der Waals surface area contributed by atoms with Crippen LogP contribution in [0.3, 0.4) is 0 Å². The third kappa shape index (κ3) is 70.3. The van der Waals surface area contributed by atoms with Crippen molar-refractivity contribution in [2.24, 2.45) is 11.8 Å². The van der Waals surface area contributed by atoms with Crippen LogP contribution in [-0.4, -0.2) is 96.7 Å². The average molecular weight is 1400 g/mol. The molecule has 0 fully saturated rings. The van der Waals surface area contributed by atoms with Gasteiger partial charge in [-0.2, -0.15) is 0 Å². The number of aliphatic hydroxyl groups is 1. The lowest BCUT2D eigenvalue weighted by Crippen LogP contribution is -2.30. The Morgan fingerprint density at radius 2 is 0.484 bits per heavy atom. The summed E-state index contributed by atoms with van der Waals surface area (Å²) in [5, 5.41) is 10.6. The topological polar surface area (TPSA) is 237 Å². The van der Waals surface area contributed by atoms with E-state index in [-0.39, 0.29) is 25.7 Å². The number of carbonyl (C=O) groups is 4. The van der Waals surface area contributed by atoms with E-state index in [1.165, 1.54) is 212 Å². The highest BCUT2D eigenvalue weighted by Crippen LogP contribution is 2.45. The second-order valence-corrected chi connectivity index (χ2v) is 31.3. The van der Waals surface area contributed by atoms with Gasteiger partial charge in [-0.05, 0) is 37.5 Å². The number of aliphatic hydroxyl groups excluding tert-OH is 1. The summed E-state index contributed by atoms with van der Waals surface area (Å²) in [4.78, 5) is 72.8. The van der Waals surface area contributed by atoms with Gasteiger partial charge in [0, 0.05) is 25.7 Å². The number of phosphoric ester groups is 2. The van der Waals surface area contributed by atoms with Gasteiger partial charge < -0.3 is 33.8 Å². The Morgan fingerprint density at radius 1 is 0.284 bits per heavy atom. The van der Waals surface area contributed by atoms with Crippen LogP contribution < -0.4 is 0 Å². The van der Waals surface area contributed by atoms with Crippen LogP contribution >= 0.6 is 15.6 Å². The summed E-state index contributed by atoms with van der Waals surface area (Å²) in [6.45, 7) is 9.56. The molecule has 564 valence electrons. The van der Waals surface area contributed by atoms with Gasteiger partial charge in [0.2, 0.25) is 0 Å². The van der Waals surface area contributed by atoms with Crippen LogP contribution in [0.5, 0.6) is 0 Å². The van der Waals surface area contributed by atoms with Crippen molar-refractivity contribution in [3.63, 3.8) is 0 Å². The highest BCUT2D eigenvalue weighted by atomic mass is 31.2. The van der Waals surface area contributed by atoms with E-state index in [0.717, 1.165) is 102 Å². The van der Waals surface area contributed by atoms with Crippen LogP contribution in [0.1, 0.15) is 395 Å². The lowest BCUT2D eigenvalue weighted by atomic mass is 10.0. The Balaban J connectivity index is 5.22. The maximum absolute atomic E-state index is 13.1. The molecule has 0 saturated carbocycles. The van der Waals surface area contributed by atoms with E-state index in [1.807, 2.05) is 0 Å². The molecule has 0 heterocycles. The van der Waals surface area contributed by atoms with Crippen molar-refractivity contribution in [1.82, 2.24) is 0 Å². The van der Waals surface area contributed by atoms with E-state index in [1.54, 1.807) is 0 Å². The van der Waals surface area contributed by atoms with Crippen molar-refractivity contribution in [3.8, 4) is 0 Å². The number of hydrogen-bond acceptors (Lipinski definition) is 15. The maximum atomic E-state index is 13.1. The number of ether oxygens (including phenoxy) is 4. The van der Waals surface area contributed by atoms with Gasteiger partial charge >= 0.3 is 39.5 Å². The molecule has 0 rings (SSSR count). The van der Waals surface area contributed by atoms with Crippen molar-refractivity contribution in [1.29, 1.82) is 0 Å². The minimum atomic E-state index is -4.96. The number of hydrogen-bond donors (Lipinski definition) is 3. The molecule has 0 radical (unpaired) electrons. The summed E-state index contributed by atoms with van der Waals surface area (Å²) in [5.41, 5.74) is 0. The fourth-order valence-electron chi connectivity index (χ4n) is 11.7. The normalized spacial score (nSPS) is 14.0. The minimum Gasteiger partial charge on any atom is -0.462 e. The smallest absolute Gasteiger partial charge is 0.462 e. The van der Waals surface area contributed by atoms with Gasteiger partial charge in [-0.1, -0.05) is 343 Å². The van der Waals surface area contributed by atoms with Crippen LogP contribution in [0.2, 0.25) is 0 Å². The summed E-state index contributed by atoms with van der Waals surface area (Å²) in [5.74, 6) is -0.617. The molecule has 0 amide bonds. The van der Waals surface area contributed by atoms with Crippen molar-refractivity contribution in [2.45, 2.75) is 413 Å². The van der Waals surface area contributed by atoms with Crippen LogP contribution in [-0.2, 0) is 65.4 Å². The Morgan fingerprint density at radius 3 is 0.716 bits per heavy atom. The zero-order chi connectivity index (χ0) is 70.0. The first-order valence-corrected chi connectivity index (χ1v) is 42.5. The molecule has 5 atom stereocenters. The Labute approximate surface area is 581 Å². The van der Waals surface area contributed by atoms with E-state index in [4.69, 9.17) is 37.0 Å². The summed E-state index contributed by atoms with van der Waals surface area (Å²) in [6, 6.07) is 0. The zero-order valence-electron chi connectivity index (χ0n) is 62.0. The van der Waals surface area contributed by atoms with Crippen LogP contribution in [0.25, 0.3) is 0 Å². The SMILES string of the molecule is CCCCCCCCCCCCCCCCCCCCCC(=O)O[C@H](COC(=O)CCCCCCCCCCCCCCC(C)C)COP(=O)(O)OC[C@@H](O)COP(=O)(O)OC[C@@H](COC(=O)CCCCCCCCCCCC)OC(=O)CCCCCCCCCCC(C)C. The molecule has 17 nitrogen and oxygen atoms in total. The van der Waals surface area contributed by atoms with Crippen molar-refractivity contribution in [3.05, 3.63) is 0 Å². The Bertz CT molecular complexity index is 1840. The second kappa shape index (κ2) is 67.9. The summed E-state index contributed by atoms with van der Waals surface area (Å²) >= 11 is 0. The highest BCUT2D eigenvalue weighted by Gasteiger charge is 2.30.